The molecule has 1 aromatic carbocycles. The van der Waals surface area contributed by atoms with Crippen molar-refractivity contribution in [2.75, 3.05) is 17.2 Å². The molecule has 3 rings (SSSR count). The van der Waals surface area contributed by atoms with Gasteiger partial charge < -0.3 is 10.2 Å². The van der Waals surface area contributed by atoms with Gasteiger partial charge >= 0.3 is 0 Å². The third kappa shape index (κ3) is 1.86. The molecular formula is C12H11FN2O2S. The summed E-state index contributed by atoms with van der Waals surface area (Å²) in [6, 6.07) is 4.00. The number of nitrogens with one attached hydrogen (secondary N) is 1. The Morgan fingerprint density at radius 1 is 1.50 bits per heavy atom. The molecule has 1 aromatic rings. The number of carbonyl (C=O) groups is 2. The van der Waals surface area contributed by atoms with E-state index in [1.807, 2.05) is 0 Å². The van der Waals surface area contributed by atoms with E-state index in [2.05, 4.69) is 5.32 Å². The second-order valence-corrected chi connectivity index (χ2v) is 5.30. The smallest absolute Gasteiger partial charge is 0.279 e. The standard InChI is InChI=1S/C12H11FN2O2S/c13-8-2-1-7-3-4-15(10(7)5-8)11(16)9-6-18-12(17)14-9/h1-2,5,9H,3-4,6H2,(H,14,17). The molecule has 0 radical (unpaired) electrons. The van der Waals surface area contributed by atoms with Crippen LogP contribution in [0.5, 0.6) is 0 Å². The first kappa shape index (κ1) is 11.5. The summed E-state index contributed by atoms with van der Waals surface area (Å²) in [5.74, 6) is -0.0605. The molecule has 0 bridgehead atoms. The van der Waals surface area contributed by atoms with Crippen molar-refractivity contribution in [1.29, 1.82) is 0 Å². The lowest BCUT2D eigenvalue weighted by Gasteiger charge is -2.20. The van der Waals surface area contributed by atoms with Crippen LogP contribution in [0.2, 0.25) is 0 Å². The summed E-state index contributed by atoms with van der Waals surface area (Å²) in [5.41, 5.74) is 1.60. The number of nitrogens with zero attached hydrogens (tertiary/aromatic N) is 1. The Morgan fingerprint density at radius 2 is 2.33 bits per heavy atom. The lowest BCUT2D eigenvalue weighted by Crippen LogP contribution is -2.45. The SMILES string of the molecule is O=C1NC(C(=O)N2CCc3ccc(F)cc32)CS1. The highest BCUT2D eigenvalue weighted by molar-refractivity contribution is 8.14. The molecule has 2 amide bonds. The van der Waals surface area contributed by atoms with E-state index in [0.717, 1.165) is 23.7 Å². The highest BCUT2D eigenvalue weighted by Crippen LogP contribution is 2.30. The highest BCUT2D eigenvalue weighted by Gasteiger charge is 2.34. The third-order valence-corrected chi connectivity index (χ3v) is 4.06. The van der Waals surface area contributed by atoms with Crippen molar-refractivity contribution in [3.63, 3.8) is 0 Å². The maximum Gasteiger partial charge on any atom is 0.279 e. The van der Waals surface area contributed by atoms with E-state index in [0.29, 0.717) is 18.0 Å². The number of thioether (sulfide) groups is 1. The lowest BCUT2D eigenvalue weighted by molar-refractivity contribution is -0.119. The molecule has 2 aliphatic heterocycles. The van der Waals surface area contributed by atoms with Crippen molar-refractivity contribution in [3.8, 4) is 0 Å². The number of halogens is 1. The van der Waals surface area contributed by atoms with Crippen LogP contribution in [-0.2, 0) is 11.2 Å². The van der Waals surface area contributed by atoms with Crippen molar-refractivity contribution < 1.29 is 14.0 Å². The van der Waals surface area contributed by atoms with Crippen molar-refractivity contribution in [1.82, 2.24) is 5.32 Å². The molecular weight excluding hydrogens is 255 g/mol. The van der Waals surface area contributed by atoms with Crippen LogP contribution in [0.1, 0.15) is 5.56 Å². The van der Waals surface area contributed by atoms with Crippen molar-refractivity contribution in [3.05, 3.63) is 29.6 Å². The Bertz CT molecular complexity index is 535. The predicted molar refractivity (Wildman–Crippen MR) is 67.2 cm³/mol. The first-order valence-corrected chi connectivity index (χ1v) is 6.67. The second-order valence-electron chi connectivity index (χ2n) is 4.31. The molecule has 0 saturated carbocycles. The van der Waals surface area contributed by atoms with Crippen LogP contribution in [0.25, 0.3) is 0 Å². The Morgan fingerprint density at radius 3 is 3.06 bits per heavy atom. The number of fused-ring (bicyclic) bond motifs is 1. The molecule has 0 aliphatic carbocycles. The molecule has 1 fully saturated rings. The fraction of sp³-hybridized carbons (Fsp3) is 0.333. The summed E-state index contributed by atoms with van der Waals surface area (Å²) >= 11 is 1.11. The molecule has 2 heterocycles. The number of hydrogen-bond acceptors (Lipinski definition) is 3. The topological polar surface area (TPSA) is 49.4 Å². The van der Waals surface area contributed by atoms with Gasteiger partial charge in [-0.15, -0.1) is 0 Å². The van der Waals surface area contributed by atoms with E-state index >= 15 is 0 Å². The molecule has 1 saturated heterocycles. The average Bonchev–Trinajstić information content (AvgIpc) is 2.94. The quantitative estimate of drug-likeness (QED) is 0.839. The Balaban J connectivity index is 1.85. The Kier molecular flexibility index (Phi) is 2.74. The van der Waals surface area contributed by atoms with Crippen LogP contribution in [-0.4, -0.2) is 29.5 Å². The normalized spacial score (nSPS) is 21.9. The zero-order valence-electron chi connectivity index (χ0n) is 9.48. The van der Waals surface area contributed by atoms with E-state index in [1.54, 1.807) is 11.0 Å². The van der Waals surface area contributed by atoms with Gasteiger partial charge in [-0.25, -0.2) is 4.39 Å². The van der Waals surface area contributed by atoms with Crippen molar-refractivity contribution in [2.45, 2.75) is 12.5 Å². The number of carbonyl (C=O) groups excluding carboxylic acids is 2. The van der Waals surface area contributed by atoms with E-state index in [-0.39, 0.29) is 17.0 Å². The van der Waals surface area contributed by atoms with E-state index in [1.165, 1.54) is 12.1 Å². The minimum Gasteiger partial charge on any atom is -0.334 e. The molecule has 1 N–H and O–H groups in total. The number of benzene rings is 1. The summed E-state index contributed by atoms with van der Waals surface area (Å²) in [5, 5.41) is 2.44. The zero-order chi connectivity index (χ0) is 12.7. The number of hydrogen-bond donors (Lipinski definition) is 1. The summed E-state index contributed by atoms with van der Waals surface area (Å²) in [6.07, 6.45) is 0.731. The monoisotopic (exact) mass is 266 g/mol. The summed E-state index contributed by atoms with van der Waals surface area (Å²) < 4.78 is 13.2. The lowest BCUT2D eigenvalue weighted by atomic mass is 10.1. The first-order valence-electron chi connectivity index (χ1n) is 5.68. The van der Waals surface area contributed by atoms with Crippen LogP contribution in [0.15, 0.2) is 18.2 Å². The Labute approximate surface area is 108 Å². The minimum absolute atomic E-state index is 0.155. The third-order valence-electron chi connectivity index (χ3n) is 3.18. The van der Waals surface area contributed by atoms with E-state index in [4.69, 9.17) is 0 Å². The van der Waals surface area contributed by atoms with Crippen LogP contribution >= 0.6 is 11.8 Å². The molecule has 18 heavy (non-hydrogen) atoms. The molecule has 2 aliphatic rings. The molecule has 0 aromatic heterocycles. The number of anilines is 1. The second kappa shape index (κ2) is 4.28. The summed E-state index contributed by atoms with van der Waals surface area (Å²) in [4.78, 5) is 24.9. The number of amides is 2. The van der Waals surface area contributed by atoms with Crippen LogP contribution < -0.4 is 10.2 Å². The Hall–Kier alpha value is -1.56. The molecule has 4 nitrogen and oxygen atoms in total. The fourth-order valence-corrected chi connectivity index (χ4v) is 3.06. The minimum atomic E-state index is -0.489. The maximum atomic E-state index is 13.2. The molecule has 6 heteroatoms. The summed E-state index contributed by atoms with van der Waals surface area (Å²) in [6.45, 7) is 0.550. The van der Waals surface area contributed by atoms with Crippen LogP contribution in [0.3, 0.4) is 0 Å². The highest BCUT2D eigenvalue weighted by atomic mass is 32.2. The van der Waals surface area contributed by atoms with E-state index in [9.17, 15) is 14.0 Å². The predicted octanol–water partition coefficient (Wildman–Crippen LogP) is 1.54. The van der Waals surface area contributed by atoms with Gasteiger partial charge in [-0.1, -0.05) is 17.8 Å². The van der Waals surface area contributed by atoms with Crippen molar-refractivity contribution in [2.24, 2.45) is 0 Å². The van der Waals surface area contributed by atoms with Gasteiger partial charge in [-0.3, -0.25) is 9.59 Å². The van der Waals surface area contributed by atoms with Crippen molar-refractivity contribution >= 4 is 28.6 Å². The molecule has 1 unspecified atom stereocenters. The molecule has 94 valence electrons. The number of rotatable bonds is 1. The van der Waals surface area contributed by atoms with Gasteiger partial charge in [0.05, 0.1) is 0 Å². The van der Waals surface area contributed by atoms with Gasteiger partial charge in [-0.2, -0.15) is 0 Å². The maximum absolute atomic E-state index is 13.2. The zero-order valence-corrected chi connectivity index (χ0v) is 10.3. The van der Waals surface area contributed by atoms with Crippen LogP contribution in [0, 0.1) is 5.82 Å². The molecule has 1 atom stereocenters. The van der Waals surface area contributed by atoms with Gasteiger partial charge in [0.1, 0.15) is 11.9 Å². The first-order chi connectivity index (χ1) is 8.65. The summed E-state index contributed by atoms with van der Waals surface area (Å²) in [7, 11) is 0. The van der Waals surface area contributed by atoms with Gasteiger partial charge in [0.25, 0.3) is 5.24 Å². The van der Waals surface area contributed by atoms with E-state index < -0.39 is 6.04 Å². The van der Waals surface area contributed by atoms with Crippen LogP contribution in [0.4, 0.5) is 14.9 Å². The van der Waals surface area contributed by atoms with Gasteiger partial charge in [0.2, 0.25) is 5.91 Å². The van der Waals surface area contributed by atoms with Gasteiger partial charge in [-0.05, 0) is 24.1 Å². The average molecular weight is 266 g/mol. The fourth-order valence-electron chi connectivity index (χ4n) is 2.29. The van der Waals surface area contributed by atoms with Gasteiger partial charge in [0, 0.05) is 18.0 Å². The largest absolute Gasteiger partial charge is 0.334 e. The van der Waals surface area contributed by atoms with Gasteiger partial charge in [0.15, 0.2) is 0 Å². The molecule has 0 spiro atoms.